The summed E-state index contributed by atoms with van der Waals surface area (Å²) >= 11 is 0. The third-order valence-electron chi connectivity index (χ3n) is 4.12. The first-order chi connectivity index (χ1) is 10.1. The number of aliphatic hydroxyl groups excluding tert-OH is 1. The van der Waals surface area contributed by atoms with Gasteiger partial charge in [0.05, 0.1) is 26.9 Å². The molecule has 21 heavy (non-hydrogen) atoms. The molecule has 5 nitrogen and oxygen atoms in total. The number of benzene rings is 1. The Balaban J connectivity index is 1.87. The number of ether oxygens (including phenoxy) is 2. The first-order valence-corrected chi connectivity index (χ1v) is 7.25. The van der Waals surface area contributed by atoms with Crippen molar-refractivity contribution in [1.82, 2.24) is 4.90 Å². The molecule has 1 heterocycles. The van der Waals surface area contributed by atoms with E-state index in [1.165, 1.54) is 7.11 Å². The van der Waals surface area contributed by atoms with E-state index in [2.05, 4.69) is 9.64 Å². The summed E-state index contributed by atoms with van der Waals surface area (Å²) in [5, 5.41) is 10.5. The van der Waals surface area contributed by atoms with Crippen LogP contribution in [0.15, 0.2) is 24.3 Å². The van der Waals surface area contributed by atoms with Crippen LogP contribution in [0, 0.1) is 5.92 Å². The van der Waals surface area contributed by atoms with E-state index in [9.17, 15) is 9.90 Å². The van der Waals surface area contributed by atoms with Gasteiger partial charge in [0.2, 0.25) is 0 Å². The van der Waals surface area contributed by atoms with Gasteiger partial charge in [-0.3, -0.25) is 9.69 Å². The van der Waals surface area contributed by atoms with E-state index in [-0.39, 0.29) is 11.9 Å². The number of nitrogens with zero attached hydrogens (tertiary/aromatic N) is 1. The molecular weight excluding hydrogens is 270 g/mol. The molecule has 116 valence electrons. The summed E-state index contributed by atoms with van der Waals surface area (Å²) in [5.74, 6) is 0.815. The van der Waals surface area contributed by atoms with Gasteiger partial charge in [0.15, 0.2) is 0 Å². The highest BCUT2D eigenvalue weighted by Gasteiger charge is 2.27. The van der Waals surface area contributed by atoms with Gasteiger partial charge in [-0.2, -0.15) is 0 Å². The van der Waals surface area contributed by atoms with Gasteiger partial charge in [-0.05, 0) is 49.5 Å². The van der Waals surface area contributed by atoms with Gasteiger partial charge in [-0.1, -0.05) is 12.1 Å². The lowest BCUT2D eigenvalue weighted by Gasteiger charge is -2.33. The first kappa shape index (κ1) is 15.8. The fraction of sp³-hybridized carbons (Fsp3) is 0.562. The van der Waals surface area contributed by atoms with Gasteiger partial charge in [0.25, 0.3) is 0 Å². The Morgan fingerprint density at radius 2 is 1.90 bits per heavy atom. The molecule has 1 fully saturated rings. The highest BCUT2D eigenvalue weighted by molar-refractivity contribution is 5.71. The lowest BCUT2D eigenvalue weighted by atomic mass is 9.87. The Kier molecular flexibility index (Phi) is 5.59. The lowest BCUT2D eigenvalue weighted by Crippen LogP contribution is -2.39. The van der Waals surface area contributed by atoms with Crippen molar-refractivity contribution in [2.45, 2.75) is 18.9 Å². The van der Waals surface area contributed by atoms with E-state index in [1.54, 1.807) is 7.11 Å². The van der Waals surface area contributed by atoms with E-state index in [0.717, 1.165) is 37.2 Å². The number of hydrogen-bond donors (Lipinski definition) is 1. The highest BCUT2D eigenvalue weighted by Crippen LogP contribution is 2.31. The summed E-state index contributed by atoms with van der Waals surface area (Å²) in [6.45, 7) is 1.96. The minimum absolute atomic E-state index is 0.204. The molecule has 0 saturated carbocycles. The first-order valence-electron chi connectivity index (χ1n) is 7.25. The normalized spacial score (nSPS) is 18.2. The maximum atomic E-state index is 11.3. The fourth-order valence-electron chi connectivity index (χ4n) is 2.75. The van der Waals surface area contributed by atoms with E-state index < -0.39 is 6.10 Å². The molecule has 1 N–H and O–H groups in total. The summed E-state index contributed by atoms with van der Waals surface area (Å²) < 4.78 is 9.80. The molecule has 1 aromatic rings. The molecule has 0 amide bonds. The van der Waals surface area contributed by atoms with E-state index in [0.29, 0.717) is 6.54 Å². The van der Waals surface area contributed by atoms with Crippen molar-refractivity contribution in [3.63, 3.8) is 0 Å². The highest BCUT2D eigenvalue weighted by atomic mass is 16.5. The number of hydrogen-bond acceptors (Lipinski definition) is 5. The molecule has 1 aliphatic rings. The van der Waals surface area contributed by atoms with Crippen LogP contribution in [0.3, 0.4) is 0 Å². The van der Waals surface area contributed by atoms with Gasteiger partial charge in [0.1, 0.15) is 5.75 Å². The van der Waals surface area contributed by atoms with Crippen LogP contribution in [0.1, 0.15) is 24.5 Å². The van der Waals surface area contributed by atoms with Crippen molar-refractivity contribution in [2.75, 3.05) is 33.9 Å². The summed E-state index contributed by atoms with van der Waals surface area (Å²) in [5.41, 5.74) is 0.919. The number of likely N-dealkylation sites (tertiary alicyclic amines) is 1. The molecule has 1 atom stereocenters. The van der Waals surface area contributed by atoms with Crippen LogP contribution < -0.4 is 4.74 Å². The van der Waals surface area contributed by atoms with Crippen molar-refractivity contribution < 1.29 is 19.4 Å². The largest absolute Gasteiger partial charge is 0.497 e. The van der Waals surface area contributed by atoms with Crippen LogP contribution in [0.2, 0.25) is 0 Å². The number of carbonyl (C=O) groups is 1. The van der Waals surface area contributed by atoms with Crippen LogP contribution >= 0.6 is 0 Å². The van der Waals surface area contributed by atoms with Gasteiger partial charge in [0, 0.05) is 0 Å². The van der Waals surface area contributed by atoms with Crippen LogP contribution in [-0.4, -0.2) is 49.8 Å². The maximum Gasteiger partial charge on any atom is 0.319 e. The summed E-state index contributed by atoms with van der Waals surface area (Å²) in [6, 6.07) is 7.55. The van der Waals surface area contributed by atoms with Crippen molar-refractivity contribution in [3.8, 4) is 5.75 Å². The minimum Gasteiger partial charge on any atom is -0.497 e. The molecule has 2 rings (SSSR count). The molecule has 0 radical (unpaired) electrons. The number of esters is 1. The topological polar surface area (TPSA) is 59.0 Å². The van der Waals surface area contributed by atoms with Crippen LogP contribution in [-0.2, 0) is 9.53 Å². The molecule has 1 aromatic carbocycles. The van der Waals surface area contributed by atoms with Crippen LogP contribution in [0.5, 0.6) is 5.75 Å². The second-order valence-electron chi connectivity index (χ2n) is 5.41. The second-order valence-corrected chi connectivity index (χ2v) is 5.41. The molecule has 5 heteroatoms. The molecule has 1 aliphatic heterocycles. The monoisotopic (exact) mass is 293 g/mol. The maximum absolute atomic E-state index is 11.3. The molecule has 0 aromatic heterocycles. The quantitative estimate of drug-likeness (QED) is 0.836. The number of methoxy groups -OCH3 is 2. The lowest BCUT2D eigenvalue weighted by molar-refractivity contribution is -0.142. The predicted molar refractivity (Wildman–Crippen MR) is 79.1 cm³/mol. The van der Waals surface area contributed by atoms with Gasteiger partial charge in [-0.15, -0.1) is 0 Å². The number of rotatable bonds is 5. The van der Waals surface area contributed by atoms with Crippen molar-refractivity contribution in [3.05, 3.63) is 29.8 Å². The smallest absolute Gasteiger partial charge is 0.319 e. The summed E-state index contributed by atoms with van der Waals surface area (Å²) in [6.07, 6.45) is 1.30. The zero-order chi connectivity index (χ0) is 15.2. The van der Waals surface area contributed by atoms with Gasteiger partial charge in [-0.25, -0.2) is 0 Å². The minimum atomic E-state index is -0.462. The van der Waals surface area contributed by atoms with E-state index in [1.807, 2.05) is 24.3 Å². The fourth-order valence-corrected chi connectivity index (χ4v) is 2.75. The Labute approximate surface area is 125 Å². The zero-order valence-corrected chi connectivity index (χ0v) is 12.6. The average Bonchev–Trinajstić information content (AvgIpc) is 2.55. The Morgan fingerprint density at radius 3 is 2.43 bits per heavy atom. The number of piperidine rings is 1. The van der Waals surface area contributed by atoms with E-state index >= 15 is 0 Å². The Hall–Kier alpha value is -1.59. The third-order valence-corrected chi connectivity index (χ3v) is 4.12. The SMILES string of the molecule is COC(=O)CN1CCC(C(O)c2ccc(OC)cc2)CC1. The second kappa shape index (κ2) is 7.43. The Morgan fingerprint density at radius 1 is 1.29 bits per heavy atom. The predicted octanol–water partition coefficient (Wildman–Crippen LogP) is 1.61. The molecule has 0 aliphatic carbocycles. The van der Waals surface area contributed by atoms with Gasteiger partial charge < -0.3 is 14.6 Å². The third kappa shape index (κ3) is 4.19. The molecule has 1 unspecified atom stereocenters. The van der Waals surface area contributed by atoms with Crippen molar-refractivity contribution >= 4 is 5.97 Å². The number of aliphatic hydroxyl groups is 1. The molecule has 0 spiro atoms. The number of carbonyl (C=O) groups excluding carboxylic acids is 1. The van der Waals surface area contributed by atoms with Crippen molar-refractivity contribution in [1.29, 1.82) is 0 Å². The molecule has 0 bridgehead atoms. The van der Waals surface area contributed by atoms with E-state index in [4.69, 9.17) is 4.74 Å². The zero-order valence-electron chi connectivity index (χ0n) is 12.6. The average molecular weight is 293 g/mol. The molecule has 1 saturated heterocycles. The summed E-state index contributed by atoms with van der Waals surface area (Å²) in [7, 11) is 3.03. The summed E-state index contributed by atoms with van der Waals surface area (Å²) in [4.78, 5) is 13.3. The van der Waals surface area contributed by atoms with Crippen LogP contribution in [0.25, 0.3) is 0 Å². The molecular formula is C16H23NO4. The van der Waals surface area contributed by atoms with Crippen LogP contribution in [0.4, 0.5) is 0 Å². The van der Waals surface area contributed by atoms with Gasteiger partial charge >= 0.3 is 5.97 Å². The van der Waals surface area contributed by atoms with Crippen molar-refractivity contribution in [2.24, 2.45) is 5.92 Å². The Bertz CT molecular complexity index is 452. The standard InChI is InChI=1S/C16H23NO4/c1-20-14-5-3-12(4-6-14)16(19)13-7-9-17(10-8-13)11-15(18)21-2/h3-6,13,16,19H,7-11H2,1-2H3.